The van der Waals surface area contributed by atoms with Crippen molar-refractivity contribution in [3.63, 3.8) is 0 Å². The fraction of sp³-hybridized carbons (Fsp3) is 0.945. The quantitative estimate of drug-likeness (QED) is 0.0344. The summed E-state index contributed by atoms with van der Waals surface area (Å²) < 4.78 is 16.8. The van der Waals surface area contributed by atoms with Gasteiger partial charge in [0.1, 0.15) is 13.2 Å². The highest BCUT2D eigenvalue weighted by atomic mass is 16.6. The second-order valence-electron chi connectivity index (χ2n) is 20.1. The van der Waals surface area contributed by atoms with Gasteiger partial charge in [-0.25, -0.2) is 0 Å². The number of carbonyl (C=O) groups excluding carboxylic acids is 3. The lowest BCUT2D eigenvalue weighted by atomic mass is 9.99. The largest absolute Gasteiger partial charge is 0.462 e. The van der Waals surface area contributed by atoms with Crippen molar-refractivity contribution in [3.05, 3.63) is 0 Å². The fourth-order valence-electron chi connectivity index (χ4n) is 8.26. The Labute approximate surface area is 380 Å². The molecule has 0 aliphatic heterocycles. The number of rotatable bonds is 48. The van der Waals surface area contributed by atoms with Crippen LogP contribution >= 0.6 is 0 Å². The number of carbonyl (C=O) groups is 3. The van der Waals surface area contributed by atoms with Crippen LogP contribution in [0.1, 0.15) is 298 Å². The van der Waals surface area contributed by atoms with Gasteiger partial charge in [-0.05, 0) is 37.0 Å². The number of ether oxygens (including phenoxy) is 3. The highest BCUT2D eigenvalue weighted by molar-refractivity contribution is 5.71. The van der Waals surface area contributed by atoms with Crippen LogP contribution in [-0.4, -0.2) is 37.2 Å². The molecule has 0 bridgehead atoms. The molecule has 0 fully saturated rings. The Morgan fingerprint density at radius 3 is 0.852 bits per heavy atom. The molecule has 6 heteroatoms. The molecule has 0 heterocycles. The van der Waals surface area contributed by atoms with Crippen molar-refractivity contribution in [2.45, 2.75) is 304 Å². The summed E-state index contributed by atoms with van der Waals surface area (Å²) in [5.41, 5.74) is 0. The van der Waals surface area contributed by atoms with E-state index in [0.717, 1.165) is 75.5 Å². The molecule has 6 nitrogen and oxygen atoms in total. The summed E-state index contributed by atoms with van der Waals surface area (Å²) in [6, 6.07) is 0. The molecule has 0 saturated heterocycles. The molecule has 0 aromatic rings. The van der Waals surface area contributed by atoms with E-state index in [-0.39, 0.29) is 31.1 Å². The minimum atomic E-state index is -0.763. The van der Waals surface area contributed by atoms with Gasteiger partial charge in [-0.15, -0.1) is 0 Å². The van der Waals surface area contributed by atoms with Gasteiger partial charge in [-0.3, -0.25) is 14.4 Å². The second kappa shape index (κ2) is 46.4. The first kappa shape index (κ1) is 59.4. The zero-order valence-corrected chi connectivity index (χ0v) is 42.0. The average Bonchev–Trinajstić information content (AvgIpc) is 3.23. The molecule has 0 aromatic heterocycles. The van der Waals surface area contributed by atoms with Crippen LogP contribution in [0.4, 0.5) is 0 Å². The third-order valence-corrected chi connectivity index (χ3v) is 12.8. The summed E-state index contributed by atoms with van der Waals surface area (Å²) in [4.78, 5) is 38.0. The number of hydrogen-bond acceptors (Lipinski definition) is 6. The van der Waals surface area contributed by atoms with Gasteiger partial charge in [-0.1, -0.05) is 260 Å². The first-order valence-electron chi connectivity index (χ1n) is 27.1. The van der Waals surface area contributed by atoms with Crippen molar-refractivity contribution in [2.24, 2.45) is 17.8 Å². The smallest absolute Gasteiger partial charge is 0.306 e. The summed E-state index contributed by atoms with van der Waals surface area (Å²) in [6.07, 6.45) is 46.7. The minimum Gasteiger partial charge on any atom is -0.462 e. The topological polar surface area (TPSA) is 78.9 Å². The van der Waals surface area contributed by atoms with Gasteiger partial charge >= 0.3 is 17.9 Å². The molecule has 0 aliphatic rings. The highest BCUT2D eigenvalue weighted by Crippen LogP contribution is 2.18. The molecule has 0 spiro atoms. The van der Waals surface area contributed by atoms with Crippen LogP contribution in [0.25, 0.3) is 0 Å². The third-order valence-electron chi connectivity index (χ3n) is 12.8. The SMILES string of the molecule is CCC(C)CCCCCCCCCCCCCCCCC(=O)OC[C@H](COC(=O)CCCCCCCCCCCCCCC(C)C)OC(=O)CCCCCCCCCC(C)C. The Balaban J connectivity index is 4.25. The van der Waals surface area contributed by atoms with E-state index in [4.69, 9.17) is 14.2 Å². The molecule has 0 N–H and O–H groups in total. The molecular weight excluding hydrogens is 757 g/mol. The first-order chi connectivity index (χ1) is 29.6. The van der Waals surface area contributed by atoms with E-state index in [9.17, 15) is 14.4 Å². The van der Waals surface area contributed by atoms with Crippen molar-refractivity contribution in [1.29, 1.82) is 0 Å². The van der Waals surface area contributed by atoms with Crippen LogP contribution in [0.5, 0.6) is 0 Å². The van der Waals surface area contributed by atoms with Gasteiger partial charge in [-0.2, -0.15) is 0 Å². The van der Waals surface area contributed by atoms with E-state index < -0.39 is 6.10 Å². The fourth-order valence-corrected chi connectivity index (χ4v) is 8.26. The maximum Gasteiger partial charge on any atom is 0.306 e. The first-order valence-corrected chi connectivity index (χ1v) is 27.1. The van der Waals surface area contributed by atoms with Gasteiger partial charge < -0.3 is 14.2 Å². The molecular formula is C55H106O6. The van der Waals surface area contributed by atoms with Gasteiger partial charge in [0.15, 0.2) is 6.10 Å². The lowest BCUT2D eigenvalue weighted by molar-refractivity contribution is -0.167. The van der Waals surface area contributed by atoms with E-state index >= 15 is 0 Å². The molecule has 0 amide bonds. The lowest BCUT2D eigenvalue weighted by Gasteiger charge is -2.18. The van der Waals surface area contributed by atoms with Crippen molar-refractivity contribution in [1.82, 2.24) is 0 Å². The molecule has 1 unspecified atom stereocenters. The zero-order chi connectivity index (χ0) is 44.9. The van der Waals surface area contributed by atoms with Crippen LogP contribution in [0.2, 0.25) is 0 Å². The maximum atomic E-state index is 12.8. The predicted molar refractivity (Wildman–Crippen MR) is 261 cm³/mol. The van der Waals surface area contributed by atoms with E-state index in [1.807, 2.05) is 0 Å². The Kier molecular flexibility index (Phi) is 45.2. The molecule has 61 heavy (non-hydrogen) atoms. The second-order valence-corrected chi connectivity index (χ2v) is 20.1. The number of hydrogen-bond donors (Lipinski definition) is 0. The Hall–Kier alpha value is -1.59. The minimum absolute atomic E-state index is 0.0649. The molecule has 0 rings (SSSR count). The van der Waals surface area contributed by atoms with Crippen LogP contribution < -0.4 is 0 Å². The standard InChI is InChI=1S/C55H106O6/c1-7-51(6)43-37-31-25-19-15-10-8-9-11-16-20-26-32-38-44-53(56)59-47-52(61-55(58)46-40-34-28-22-24-30-36-42-50(4)5)48-60-54(57)45-39-33-27-21-17-13-12-14-18-23-29-35-41-49(2)3/h49-52H,7-48H2,1-6H3/t51?,52-/m1/s1. The van der Waals surface area contributed by atoms with Crippen molar-refractivity contribution in [2.75, 3.05) is 13.2 Å². The molecule has 2 atom stereocenters. The van der Waals surface area contributed by atoms with Crippen molar-refractivity contribution < 1.29 is 28.6 Å². The Bertz CT molecular complexity index is 947. The summed E-state index contributed by atoms with van der Waals surface area (Å²) in [5, 5.41) is 0. The predicted octanol–water partition coefficient (Wildman–Crippen LogP) is 17.6. The Morgan fingerprint density at radius 2 is 0.574 bits per heavy atom. The lowest BCUT2D eigenvalue weighted by Crippen LogP contribution is -2.30. The highest BCUT2D eigenvalue weighted by Gasteiger charge is 2.19. The Morgan fingerprint density at radius 1 is 0.328 bits per heavy atom. The van der Waals surface area contributed by atoms with Crippen molar-refractivity contribution in [3.8, 4) is 0 Å². The number of unbranched alkanes of at least 4 members (excludes halogenated alkanes) is 30. The molecule has 0 radical (unpaired) electrons. The van der Waals surface area contributed by atoms with Gasteiger partial charge in [0, 0.05) is 19.3 Å². The summed E-state index contributed by atoms with van der Waals surface area (Å²) in [6.45, 7) is 13.7. The van der Waals surface area contributed by atoms with E-state index in [1.54, 1.807) is 0 Å². The molecule has 0 saturated carbocycles. The van der Waals surface area contributed by atoms with Crippen molar-refractivity contribution >= 4 is 17.9 Å². The van der Waals surface area contributed by atoms with Gasteiger partial charge in [0.25, 0.3) is 0 Å². The van der Waals surface area contributed by atoms with E-state index in [0.29, 0.717) is 19.3 Å². The van der Waals surface area contributed by atoms with Crippen LogP contribution in [-0.2, 0) is 28.6 Å². The number of esters is 3. The van der Waals surface area contributed by atoms with Gasteiger partial charge in [0.2, 0.25) is 0 Å². The van der Waals surface area contributed by atoms with E-state index in [2.05, 4.69) is 41.5 Å². The zero-order valence-electron chi connectivity index (χ0n) is 42.0. The third kappa shape index (κ3) is 47.7. The molecule has 362 valence electrons. The average molecular weight is 863 g/mol. The van der Waals surface area contributed by atoms with E-state index in [1.165, 1.54) is 180 Å². The van der Waals surface area contributed by atoms with Crippen LogP contribution in [0.15, 0.2) is 0 Å². The van der Waals surface area contributed by atoms with Gasteiger partial charge in [0.05, 0.1) is 0 Å². The summed E-state index contributed by atoms with van der Waals surface area (Å²) in [7, 11) is 0. The monoisotopic (exact) mass is 863 g/mol. The van der Waals surface area contributed by atoms with Crippen LogP contribution in [0, 0.1) is 17.8 Å². The maximum absolute atomic E-state index is 12.8. The molecule has 0 aromatic carbocycles. The summed E-state index contributed by atoms with van der Waals surface area (Å²) in [5.74, 6) is 1.65. The summed E-state index contributed by atoms with van der Waals surface area (Å²) >= 11 is 0. The van der Waals surface area contributed by atoms with Crippen LogP contribution in [0.3, 0.4) is 0 Å². The normalized spacial score (nSPS) is 12.6. The molecule has 0 aliphatic carbocycles.